The summed E-state index contributed by atoms with van der Waals surface area (Å²) >= 11 is 8.20. The first-order valence-electron chi connectivity index (χ1n) is 13.2. The number of nitrogens with two attached hydrogens (primary N) is 2. The van der Waals surface area contributed by atoms with E-state index in [-0.39, 0.29) is 22.9 Å². The van der Waals surface area contributed by atoms with E-state index in [0.29, 0.717) is 11.2 Å². The van der Waals surface area contributed by atoms with Gasteiger partial charge in [0.05, 0.1) is 25.9 Å². The summed E-state index contributed by atoms with van der Waals surface area (Å²) in [5.74, 6) is -0.646. The predicted molar refractivity (Wildman–Crippen MR) is 159 cm³/mol. The van der Waals surface area contributed by atoms with Gasteiger partial charge in [0.15, 0.2) is 35.0 Å². The zero-order valence-corrected chi connectivity index (χ0v) is 26.5. The second kappa shape index (κ2) is 11.3. The van der Waals surface area contributed by atoms with Crippen LogP contribution in [0.3, 0.4) is 0 Å². The lowest BCUT2D eigenvalue weighted by Crippen LogP contribution is -2.32. The Hall–Kier alpha value is -2.65. The summed E-state index contributed by atoms with van der Waals surface area (Å²) in [4.78, 5) is 35.1. The summed E-state index contributed by atoms with van der Waals surface area (Å²) in [7, 11) is 0. The maximum atomic E-state index is 15.9. The van der Waals surface area contributed by atoms with Crippen molar-refractivity contribution >= 4 is 72.2 Å². The van der Waals surface area contributed by atoms with Gasteiger partial charge in [0, 0.05) is 5.92 Å². The molecular formula is C21H25FN10O9P2S2. The highest BCUT2D eigenvalue weighted by Crippen LogP contribution is 2.61. The number of imidazole rings is 2. The van der Waals surface area contributed by atoms with Gasteiger partial charge in [-0.3, -0.25) is 37.0 Å². The van der Waals surface area contributed by atoms with Crippen LogP contribution in [0.15, 0.2) is 23.8 Å². The minimum absolute atomic E-state index is 0.0656. The number of rotatable bonds is 2. The number of H-pyrrole nitrogens is 1. The van der Waals surface area contributed by atoms with Gasteiger partial charge < -0.3 is 20.9 Å². The number of nitrogens with zero attached hydrogens (tertiary/aromatic N) is 7. The molecule has 4 aromatic heterocycles. The van der Waals surface area contributed by atoms with E-state index in [1.165, 1.54) is 17.2 Å². The van der Waals surface area contributed by atoms with Gasteiger partial charge in [0.1, 0.15) is 42.5 Å². The van der Waals surface area contributed by atoms with Crippen LogP contribution >= 0.6 is 38.1 Å². The van der Waals surface area contributed by atoms with Gasteiger partial charge in [0.25, 0.3) is 5.56 Å². The predicted octanol–water partition coefficient (Wildman–Crippen LogP) is 1.79. The Labute approximate surface area is 261 Å². The van der Waals surface area contributed by atoms with E-state index < -0.39 is 81.3 Å². The van der Waals surface area contributed by atoms with Crippen LogP contribution in [-0.2, 0) is 36.7 Å². The van der Waals surface area contributed by atoms with E-state index in [0.717, 1.165) is 6.33 Å². The first-order valence-corrected chi connectivity index (χ1v) is 18.6. The summed E-state index contributed by atoms with van der Waals surface area (Å²) in [5, 5.41) is 0. The smallest absolute Gasteiger partial charge is 0.382 e. The highest BCUT2D eigenvalue weighted by molar-refractivity contribution is 8.44. The van der Waals surface area contributed by atoms with Crippen molar-refractivity contribution in [2.45, 2.75) is 50.0 Å². The van der Waals surface area contributed by atoms with E-state index in [2.05, 4.69) is 54.4 Å². The van der Waals surface area contributed by atoms with Crippen LogP contribution in [0.25, 0.3) is 22.3 Å². The van der Waals surface area contributed by atoms with Crippen molar-refractivity contribution in [2.75, 3.05) is 24.7 Å². The minimum atomic E-state index is -4.37. The van der Waals surface area contributed by atoms with Crippen LogP contribution in [0.4, 0.5) is 16.2 Å². The average molecular weight is 707 g/mol. The monoisotopic (exact) mass is 706 g/mol. The first kappa shape index (κ1) is 31.0. The number of hydrogen-bond acceptors (Lipinski definition) is 16. The molecule has 0 aliphatic carbocycles. The van der Waals surface area contributed by atoms with Crippen LogP contribution in [-0.4, -0.2) is 82.8 Å². The van der Waals surface area contributed by atoms with Crippen LogP contribution < -0.4 is 17.0 Å². The first-order chi connectivity index (χ1) is 21.3. The molecule has 0 aromatic carbocycles. The van der Waals surface area contributed by atoms with E-state index in [1.807, 2.05) is 0 Å². The van der Waals surface area contributed by atoms with Crippen LogP contribution in [0.2, 0.25) is 0 Å². The molecule has 7 heterocycles. The van der Waals surface area contributed by atoms with Crippen molar-refractivity contribution in [1.82, 2.24) is 39.0 Å². The van der Waals surface area contributed by atoms with Crippen molar-refractivity contribution in [3.8, 4) is 0 Å². The summed E-state index contributed by atoms with van der Waals surface area (Å²) in [6.07, 6.45) is -5.52. The topological polar surface area (TPSA) is 249 Å². The number of halogens is 1. The number of aromatic amines is 1. The summed E-state index contributed by atoms with van der Waals surface area (Å²) < 4.78 is 80.2. The fourth-order valence-electron chi connectivity index (χ4n) is 5.55. The van der Waals surface area contributed by atoms with Gasteiger partial charge in [-0.15, -0.1) is 0 Å². The fraction of sp³-hybridized carbons (Fsp3) is 0.524. The molecule has 242 valence electrons. The Morgan fingerprint density at radius 2 is 1.53 bits per heavy atom. The molecule has 3 aliphatic rings. The van der Waals surface area contributed by atoms with Crippen molar-refractivity contribution in [2.24, 2.45) is 5.92 Å². The van der Waals surface area contributed by atoms with Crippen molar-refractivity contribution in [3.63, 3.8) is 0 Å². The third-order valence-electron chi connectivity index (χ3n) is 7.61. The zero-order chi connectivity index (χ0) is 31.8. The molecule has 0 radical (unpaired) electrons. The molecule has 1 unspecified atom stereocenters. The SMILES string of the molecule is C[C@@H]1[C@@H]2O[P@](=O)(S)OCC3O[C@@H](n4cnc5c(=O)[nH]c(N)nc54)[C@H](O[P@](=O)(S)OC[C@H]2O[C@H]1n1cnc2c(N)ncnc21)[C@@H]3F. The number of thiol groups is 2. The molecular weight excluding hydrogens is 681 g/mol. The number of hydrogen-bond donors (Lipinski definition) is 5. The number of nitrogen functional groups attached to an aromatic ring is 2. The molecule has 24 heteroatoms. The molecule has 3 aliphatic heterocycles. The molecule has 7 rings (SSSR count). The Morgan fingerprint density at radius 1 is 0.911 bits per heavy atom. The number of nitrogens with one attached hydrogen (secondary N) is 1. The fourth-order valence-corrected chi connectivity index (χ4v) is 8.56. The molecule has 10 atom stereocenters. The normalized spacial score (nSPS) is 37.7. The molecule has 4 aromatic rings. The highest BCUT2D eigenvalue weighted by Gasteiger charge is 2.53. The molecule has 0 amide bonds. The van der Waals surface area contributed by atoms with Crippen molar-refractivity contribution < 1.29 is 41.1 Å². The summed E-state index contributed by atoms with van der Waals surface area (Å²) in [6.45, 7) is -7.95. The van der Waals surface area contributed by atoms with Gasteiger partial charge in [0.2, 0.25) is 5.95 Å². The maximum absolute atomic E-state index is 15.9. The highest BCUT2D eigenvalue weighted by atomic mass is 32.7. The molecule has 45 heavy (non-hydrogen) atoms. The van der Waals surface area contributed by atoms with Gasteiger partial charge >= 0.3 is 13.6 Å². The number of anilines is 2. The average Bonchev–Trinajstić information content (AvgIpc) is 3.72. The molecule has 5 N–H and O–H groups in total. The standard InChI is InChI=1S/C21H25FN10O9P2S2/c1-7-13-9(39-19(7)31-5-27-11-15(23)25-4-26-16(11)31)3-37-43(35,45)41-14-10(22)8(2-36-42(34,44)40-13)38-20(14)32-6-28-12-17(32)29-21(24)30-18(12)33/h4-10,13-14,19-20H,2-3H2,1H3,(H,34,44)(H,35,45)(H2,23,25,26)(H3,24,29,30,33)/t7-,8?,9-,10-,13+,14-,19-,20-,42-,43-/m1/s1. The molecule has 3 fully saturated rings. The van der Waals surface area contributed by atoms with Gasteiger partial charge in [-0.05, 0) is 0 Å². The number of fused-ring (bicyclic) bond motifs is 5. The van der Waals surface area contributed by atoms with Gasteiger partial charge in [-0.25, -0.2) is 33.5 Å². The third kappa shape index (κ3) is 5.56. The van der Waals surface area contributed by atoms with Crippen LogP contribution in [0.1, 0.15) is 19.4 Å². The molecule has 3 saturated heterocycles. The second-order valence-electron chi connectivity index (χ2n) is 10.5. The third-order valence-corrected chi connectivity index (χ3v) is 10.8. The molecule has 2 bridgehead atoms. The summed E-state index contributed by atoms with van der Waals surface area (Å²) in [6, 6.07) is 0. The summed E-state index contributed by atoms with van der Waals surface area (Å²) in [5.41, 5.74) is 11.5. The largest absolute Gasteiger partial charge is 0.386 e. The minimum Gasteiger partial charge on any atom is -0.382 e. The van der Waals surface area contributed by atoms with E-state index in [4.69, 9.17) is 39.0 Å². The maximum Gasteiger partial charge on any atom is 0.386 e. The molecule has 0 saturated carbocycles. The van der Waals surface area contributed by atoms with Crippen molar-refractivity contribution in [3.05, 3.63) is 29.3 Å². The van der Waals surface area contributed by atoms with Gasteiger partial charge in [-0.2, -0.15) is 4.98 Å². The van der Waals surface area contributed by atoms with Gasteiger partial charge in [-0.1, -0.05) is 31.4 Å². The molecule has 0 spiro atoms. The Bertz CT molecular complexity index is 1950. The number of ether oxygens (including phenoxy) is 2. The van der Waals surface area contributed by atoms with Crippen LogP contribution in [0, 0.1) is 5.92 Å². The number of aromatic nitrogens is 8. The molecule has 19 nitrogen and oxygen atoms in total. The Balaban J connectivity index is 1.21. The van der Waals surface area contributed by atoms with E-state index in [1.54, 1.807) is 11.5 Å². The van der Waals surface area contributed by atoms with Crippen LogP contribution in [0.5, 0.6) is 0 Å². The Kier molecular flexibility index (Phi) is 7.75. The zero-order valence-electron chi connectivity index (χ0n) is 22.9. The number of alkyl halides is 1. The quantitative estimate of drug-likeness (QED) is 0.147. The lowest BCUT2D eigenvalue weighted by Gasteiger charge is -2.26. The van der Waals surface area contributed by atoms with E-state index in [9.17, 15) is 13.9 Å². The lowest BCUT2D eigenvalue weighted by molar-refractivity contribution is -0.0562. The van der Waals surface area contributed by atoms with E-state index >= 15 is 4.39 Å². The Morgan fingerprint density at radius 3 is 2.27 bits per heavy atom. The van der Waals surface area contributed by atoms with Crippen molar-refractivity contribution in [1.29, 1.82) is 0 Å². The lowest BCUT2D eigenvalue weighted by atomic mass is 10.0. The second-order valence-corrected chi connectivity index (χ2v) is 16.2.